The lowest BCUT2D eigenvalue weighted by molar-refractivity contribution is -0.142. The number of H-pyrrole nitrogens is 1. The van der Waals surface area contributed by atoms with Crippen LogP contribution < -0.4 is 5.32 Å². The van der Waals surface area contributed by atoms with Gasteiger partial charge in [0, 0.05) is 24.7 Å². The van der Waals surface area contributed by atoms with Crippen molar-refractivity contribution in [2.45, 2.75) is 39.7 Å². The summed E-state index contributed by atoms with van der Waals surface area (Å²) in [6.45, 7) is 5.78. The van der Waals surface area contributed by atoms with E-state index in [-0.39, 0.29) is 17.7 Å². The van der Waals surface area contributed by atoms with Gasteiger partial charge in [0.1, 0.15) is 6.04 Å². The molecule has 0 aliphatic heterocycles. The number of hydrogen-bond donors (Lipinski definition) is 3. The molecule has 0 aliphatic carbocycles. The first kappa shape index (κ1) is 14.2. The number of aromatic nitrogens is 2. The minimum atomic E-state index is -1.05. The van der Waals surface area contributed by atoms with Gasteiger partial charge >= 0.3 is 5.97 Å². The third-order valence-corrected chi connectivity index (χ3v) is 2.30. The van der Waals surface area contributed by atoms with E-state index in [2.05, 4.69) is 15.3 Å². The van der Waals surface area contributed by atoms with Crippen LogP contribution in [0.4, 0.5) is 0 Å². The molecule has 1 heterocycles. The van der Waals surface area contributed by atoms with E-state index in [0.29, 0.717) is 12.1 Å². The fourth-order valence-electron chi connectivity index (χ4n) is 1.54. The van der Waals surface area contributed by atoms with Crippen LogP contribution in [0, 0.1) is 5.41 Å². The van der Waals surface area contributed by atoms with Crippen LogP contribution in [-0.4, -0.2) is 33.0 Å². The molecule has 0 fully saturated rings. The van der Waals surface area contributed by atoms with Crippen LogP contribution in [0.1, 0.15) is 32.9 Å². The quantitative estimate of drug-likeness (QED) is 0.728. The molecule has 0 radical (unpaired) electrons. The van der Waals surface area contributed by atoms with Gasteiger partial charge in [0.15, 0.2) is 0 Å². The number of carbonyl (C=O) groups is 2. The summed E-state index contributed by atoms with van der Waals surface area (Å²) in [5.41, 5.74) is 0.514. The van der Waals surface area contributed by atoms with Gasteiger partial charge in [0.2, 0.25) is 5.91 Å². The van der Waals surface area contributed by atoms with Crippen molar-refractivity contribution in [3.63, 3.8) is 0 Å². The van der Waals surface area contributed by atoms with Crippen LogP contribution in [0.5, 0.6) is 0 Å². The topological polar surface area (TPSA) is 95.1 Å². The van der Waals surface area contributed by atoms with E-state index in [4.69, 9.17) is 5.11 Å². The molecule has 1 rings (SSSR count). The Morgan fingerprint density at radius 2 is 2.17 bits per heavy atom. The van der Waals surface area contributed by atoms with E-state index in [9.17, 15) is 9.59 Å². The Hall–Kier alpha value is -1.85. The highest BCUT2D eigenvalue weighted by atomic mass is 16.4. The number of nitrogens with one attached hydrogen (secondary N) is 2. The monoisotopic (exact) mass is 253 g/mol. The third-order valence-electron chi connectivity index (χ3n) is 2.30. The van der Waals surface area contributed by atoms with E-state index in [1.54, 1.807) is 6.20 Å². The van der Waals surface area contributed by atoms with Crippen LogP contribution in [0.2, 0.25) is 0 Å². The van der Waals surface area contributed by atoms with Crippen molar-refractivity contribution >= 4 is 11.9 Å². The number of aliphatic carboxylic acids is 1. The largest absolute Gasteiger partial charge is 0.480 e. The molecular weight excluding hydrogens is 234 g/mol. The second-order valence-corrected chi connectivity index (χ2v) is 5.48. The molecule has 6 heteroatoms. The lowest BCUT2D eigenvalue weighted by Crippen LogP contribution is -2.43. The van der Waals surface area contributed by atoms with E-state index in [0.717, 1.165) is 0 Å². The maximum absolute atomic E-state index is 11.7. The van der Waals surface area contributed by atoms with Crippen LogP contribution in [0.25, 0.3) is 0 Å². The van der Waals surface area contributed by atoms with Crippen molar-refractivity contribution in [3.05, 3.63) is 18.2 Å². The summed E-state index contributed by atoms with van der Waals surface area (Å²) in [4.78, 5) is 29.4. The number of imidazole rings is 1. The fourth-order valence-corrected chi connectivity index (χ4v) is 1.54. The average Bonchev–Trinajstić information content (AvgIpc) is 2.66. The van der Waals surface area contributed by atoms with Gasteiger partial charge in [-0.15, -0.1) is 0 Å². The van der Waals surface area contributed by atoms with Gasteiger partial charge < -0.3 is 15.4 Å². The van der Waals surface area contributed by atoms with E-state index in [1.807, 2.05) is 20.8 Å². The van der Waals surface area contributed by atoms with E-state index in [1.165, 1.54) is 6.33 Å². The molecule has 1 aromatic heterocycles. The minimum Gasteiger partial charge on any atom is -0.480 e. The normalized spacial score (nSPS) is 13.1. The van der Waals surface area contributed by atoms with Gasteiger partial charge in [0.25, 0.3) is 0 Å². The molecule has 3 N–H and O–H groups in total. The number of carbonyl (C=O) groups excluding carboxylic acids is 1. The van der Waals surface area contributed by atoms with Gasteiger partial charge in [-0.25, -0.2) is 9.78 Å². The molecule has 1 amide bonds. The maximum Gasteiger partial charge on any atom is 0.326 e. The summed E-state index contributed by atoms with van der Waals surface area (Å²) in [7, 11) is 0. The molecular formula is C12H19N3O3. The van der Waals surface area contributed by atoms with Crippen molar-refractivity contribution in [2.75, 3.05) is 0 Å². The fraction of sp³-hybridized carbons (Fsp3) is 0.583. The van der Waals surface area contributed by atoms with Gasteiger partial charge in [-0.05, 0) is 5.41 Å². The molecule has 100 valence electrons. The lowest BCUT2D eigenvalue weighted by atomic mass is 9.92. The van der Waals surface area contributed by atoms with Gasteiger partial charge in [0.05, 0.1) is 6.33 Å². The van der Waals surface area contributed by atoms with Crippen molar-refractivity contribution < 1.29 is 14.7 Å². The number of hydrogen-bond acceptors (Lipinski definition) is 3. The second-order valence-electron chi connectivity index (χ2n) is 5.48. The molecule has 1 atom stereocenters. The summed E-state index contributed by atoms with van der Waals surface area (Å²) in [6.07, 6.45) is 3.52. The number of carboxylic acid groups (broad SMARTS) is 1. The number of rotatable bonds is 5. The molecule has 0 bridgehead atoms. The van der Waals surface area contributed by atoms with Gasteiger partial charge in [-0.3, -0.25) is 4.79 Å². The van der Waals surface area contributed by atoms with Crippen LogP contribution in [0.3, 0.4) is 0 Å². The number of nitrogens with zero attached hydrogens (tertiary/aromatic N) is 1. The van der Waals surface area contributed by atoms with Crippen LogP contribution in [-0.2, 0) is 16.0 Å². The van der Waals surface area contributed by atoms with E-state index < -0.39 is 12.0 Å². The lowest BCUT2D eigenvalue weighted by Gasteiger charge is -2.20. The highest BCUT2D eigenvalue weighted by Crippen LogP contribution is 2.18. The smallest absolute Gasteiger partial charge is 0.326 e. The molecule has 1 aromatic rings. The molecule has 0 aliphatic rings. The predicted octanol–water partition coefficient (Wildman–Crippen LogP) is 0.958. The Morgan fingerprint density at radius 3 is 2.61 bits per heavy atom. The van der Waals surface area contributed by atoms with Crippen molar-refractivity contribution in [1.82, 2.24) is 15.3 Å². The van der Waals surface area contributed by atoms with Crippen LogP contribution >= 0.6 is 0 Å². The summed E-state index contributed by atoms with van der Waals surface area (Å²) in [6, 6.07) is -0.930. The summed E-state index contributed by atoms with van der Waals surface area (Å²) in [5, 5.41) is 11.6. The summed E-state index contributed by atoms with van der Waals surface area (Å²) < 4.78 is 0. The number of carboxylic acids is 1. The Labute approximate surface area is 106 Å². The van der Waals surface area contributed by atoms with Crippen molar-refractivity contribution in [1.29, 1.82) is 0 Å². The zero-order chi connectivity index (χ0) is 13.8. The SMILES string of the molecule is CC(C)(C)CC(=O)N[C@H](Cc1cnc[nH]1)C(=O)O. The predicted molar refractivity (Wildman–Crippen MR) is 65.9 cm³/mol. The second kappa shape index (κ2) is 5.66. The first-order valence-corrected chi connectivity index (χ1v) is 5.77. The highest BCUT2D eigenvalue weighted by molar-refractivity contribution is 5.83. The zero-order valence-electron chi connectivity index (χ0n) is 10.9. The maximum atomic E-state index is 11.7. The Balaban J connectivity index is 2.58. The van der Waals surface area contributed by atoms with Crippen molar-refractivity contribution in [3.8, 4) is 0 Å². The number of amides is 1. The molecule has 0 saturated heterocycles. The Kier molecular flexibility index (Phi) is 4.47. The molecule has 0 aromatic carbocycles. The first-order valence-electron chi connectivity index (χ1n) is 5.77. The molecule has 18 heavy (non-hydrogen) atoms. The minimum absolute atomic E-state index is 0.166. The van der Waals surface area contributed by atoms with E-state index >= 15 is 0 Å². The molecule has 6 nitrogen and oxygen atoms in total. The van der Waals surface area contributed by atoms with Gasteiger partial charge in [-0.1, -0.05) is 20.8 Å². The summed E-state index contributed by atoms with van der Waals surface area (Å²) in [5.74, 6) is -1.30. The van der Waals surface area contributed by atoms with Crippen molar-refractivity contribution in [2.24, 2.45) is 5.41 Å². The summed E-state index contributed by atoms with van der Waals surface area (Å²) >= 11 is 0. The van der Waals surface area contributed by atoms with Gasteiger partial charge in [-0.2, -0.15) is 0 Å². The third kappa shape index (κ3) is 4.99. The number of aromatic amines is 1. The molecule has 0 unspecified atom stereocenters. The Morgan fingerprint density at radius 1 is 1.50 bits per heavy atom. The molecule has 0 saturated carbocycles. The average molecular weight is 253 g/mol. The highest BCUT2D eigenvalue weighted by Gasteiger charge is 2.23. The Bertz CT molecular complexity index is 407. The van der Waals surface area contributed by atoms with Crippen LogP contribution in [0.15, 0.2) is 12.5 Å². The zero-order valence-corrected chi connectivity index (χ0v) is 10.9. The molecule has 0 spiro atoms. The first-order chi connectivity index (χ1) is 8.28. The standard InChI is InChI=1S/C12H19N3O3/c1-12(2,3)5-10(16)15-9(11(17)18)4-8-6-13-7-14-8/h6-7,9H,4-5H2,1-3H3,(H,13,14)(H,15,16)(H,17,18)/t9-/m1/s1.